The Labute approximate surface area is 146 Å². The van der Waals surface area contributed by atoms with Gasteiger partial charge >= 0.3 is 0 Å². The number of hydrogen-bond acceptors (Lipinski definition) is 2. The van der Waals surface area contributed by atoms with Crippen LogP contribution in [0.15, 0.2) is 41.6 Å². The van der Waals surface area contributed by atoms with Crippen LogP contribution in [0.3, 0.4) is 0 Å². The van der Waals surface area contributed by atoms with E-state index in [1.54, 1.807) is 11.3 Å². The molecule has 6 unspecified atom stereocenters. The molecule has 1 aromatic rings. The van der Waals surface area contributed by atoms with Crippen molar-refractivity contribution in [2.45, 2.75) is 51.0 Å². The molecule has 3 saturated carbocycles. The first-order valence-electron chi connectivity index (χ1n) is 10.0. The second-order valence-corrected chi connectivity index (χ2v) is 8.72. The Morgan fingerprint density at radius 3 is 2.71 bits per heavy atom. The van der Waals surface area contributed by atoms with Gasteiger partial charge in [0, 0.05) is 30.7 Å². The van der Waals surface area contributed by atoms with Crippen LogP contribution in [-0.2, 0) is 0 Å². The van der Waals surface area contributed by atoms with Gasteiger partial charge in [0.25, 0.3) is 0 Å². The maximum absolute atomic E-state index is 3.84. The standard InChI is InChI=1S/C22H30N2/c1-14-9-15-10-17-12-20(18(17)11-15)22(14)24-8-7-23-21-13-19(21)16-5-3-2-4-6-16/h2-6,14-15,17-19,21,23-24H,7-13H2,1H3. The lowest BCUT2D eigenvalue weighted by molar-refractivity contribution is 0.301. The van der Waals surface area contributed by atoms with Gasteiger partial charge in [-0.2, -0.15) is 0 Å². The highest BCUT2D eigenvalue weighted by Gasteiger charge is 2.48. The molecule has 2 N–H and O–H groups in total. The molecule has 0 radical (unpaired) electrons. The van der Waals surface area contributed by atoms with Gasteiger partial charge in [0.15, 0.2) is 0 Å². The molecule has 3 fully saturated rings. The first-order chi connectivity index (χ1) is 11.8. The molecule has 0 amide bonds. The van der Waals surface area contributed by atoms with Gasteiger partial charge in [-0.25, -0.2) is 0 Å². The van der Waals surface area contributed by atoms with E-state index in [1.807, 2.05) is 0 Å². The van der Waals surface area contributed by atoms with Crippen molar-refractivity contribution in [3.8, 4) is 0 Å². The SMILES string of the molecule is CC1CC2CC3CC(=C1NCCNC1CC1c1ccccc1)C3C2. The molecule has 0 saturated heterocycles. The van der Waals surface area contributed by atoms with Gasteiger partial charge in [-0.1, -0.05) is 37.3 Å². The number of nitrogens with one attached hydrogen (secondary N) is 2. The van der Waals surface area contributed by atoms with Gasteiger partial charge in [-0.05, 0) is 66.9 Å². The topological polar surface area (TPSA) is 24.1 Å². The largest absolute Gasteiger partial charge is 0.387 e. The van der Waals surface area contributed by atoms with Crippen LogP contribution >= 0.6 is 0 Å². The molecule has 0 heterocycles. The summed E-state index contributed by atoms with van der Waals surface area (Å²) in [4.78, 5) is 0. The molecule has 2 bridgehead atoms. The van der Waals surface area contributed by atoms with E-state index in [2.05, 4.69) is 47.9 Å². The second kappa shape index (κ2) is 5.91. The third kappa shape index (κ3) is 2.60. The quantitative estimate of drug-likeness (QED) is 0.772. The van der Waals surface area contributed by atoms with E-state index in [4.69, 9.17) is 0 Å². The molecule has 2 nitrogen and oxygen atoms in total. The van der Waals surface area contributed by atoms with E-state index in [1.165, 1.54) is 37.7 Å². The van der Waals surface area contributed by atoms with Crippen LogP contribution in [0.2, 0.25) is 0 Å². The molecule has 0 aromatic heterocycles. The first-order valence-corrected chi connectivity index (χ1v) is 10.0. The van der Waals surface area contributed by atoms with E-state index in [0.717, 1.165) is 42.7 Å². The fourth-order valence-corrected chi connectivity index (χ4v) is 5.83. The van der Waals surface area contributed by atoms with Crippen molar-refractivity contribution in [3.63, 3.8) is 0 Å². The highest BCUT2D eigenvalue weighted by molar-refractivity contribution is 5.31. The summed E-state index contributed by atoms with van der Waals surface area (Å²) in [6.07, 6.45) is 7.15. The molecule has 4 aliphatic carbocycles. The zero-order valence-corrected chi connectivity index (χ0v) is 14.8. The second-order valence-electron chi connectivity index (χ2n) is 8.72. The summed E-state index contributed by atoms with van der Waals surface area (Å²) in [7, 11) is 0. The number of fused-ring (bicyclic) bond motifs is 1. The highest BCUT2D eigenvalue weighted by Crippen LogP contribution is 2.58. The predicted molar refractivity (Wildman–Crippen MR) is 98.7 cm³/mol. The van der Waals surface area contributed by atoms with Crippen molar-refractivity contribution in [2.24, 2.45) is 23.7 Å². The summed E-state index contributed by atoms with van der Waals surface area (Å²) < 4.78 is 0. The van der Waals surface area contributed by atoms with Gasteiger partial charge < -0.3 is 10.6 Å². The average molecular weight is 322 g/mol. The van der Waals surface area contributed by atoms with Crippen molar-refractivity contribution in [1.29, 1.82) is 0 Å². The van der Waals surface area contributed by atoms with Gasteiger partial charge in [0.1, 0.15) is 0 Å². The van der Waals surface area contributed by atoms with Crippen LogP contribution in [-0.4, -0.2) is 19.1 Å². The summed E-state index contributed by atoms with van der Waals surface area (Å²) in [5, 5.41) is 7.59. The molecular weight excluding hydrogens is 292 g/mol. The molecule has 0 spiro atoms. The third-order valence-electron chi connectivity index (χ3n) is 7.11. The molecule has 1 aromatic carbocycles. The number of rotatable bonds is 6. The molecule has 5 rings (SSSR count). The molecule has 6 atom stereocenters. The fourth-order valence-electron chi connectivity index (χ4n) is 5.83. The minimum Gasteiger partial charge on any atom is -0.387 e. The lowest BCUT2D eigenvalue weighted by Gasteiger charge is -2.38. The van der Waals surface area contributed by atoms with Crippen LogP contribution in [0.5, 0.6) is 0 Å². The van der Waals surface area contributed by atoms with Gasteiger partial charge in [-0.15, -0.1) is 0 Å². The number of hydrogen-bond donors (Lipinski definition) is 2. The van der Waals surface area contributed by atoms with E-state index in [9.17, 15) is 0 Å². The van der Waals surface area contributed by atoms with Gasteiger partial charge in [0.05, 0.1) is 0 Å². The van der Waals surface area contributed by atoms with Crippen molar-refractivity contribution < 1.29 is 0 Å². The van der Waals surface area contributed by atoms with Gasteiger partial charge in [-0.3, -0.25) is 0 Å². The Hall–Kier alpha value is -1.28. The Bertz CT molecular complexity index is 635. The summed E-state index contributed by atoms with van der Waals surface area (Å²) in [6.45, 7) is 4.63. The Morgan fingerprint density at radius 2 is 1.83 bits per heavy atom. The van der Waals surface area contributed by atoms with Crippen molar-refractivity contribution >= 4 is 0 Å². The molecule has 2 heteroatoms. The molecule has 24 heavy (non-hydrogen) atoms. The fraction of sp³-hybridized carbons (Fsp3) is 0.636. The lowest BCUT2D eigenvalue weighted by Crippen LogP contribution is -2.35. The molecule has 4 aliphatic rings. The zero-order chi connectivity index (χ0) is 16.1. The Kier molecular flexibility index (Phi) is 3.70. The Morgan fingerprint density at radius 1 is 0.958 bits per heavy atom. The van der Waals surface area contributed by atoms with Crippen LogP contribution in [0.25, 0.3) is 0 Å². The van der Waals surface area contributed by atoms with Crippen molar-refractivity contribution in [1.82, 2.24) is 10.6 Å². The van der Waals surface area contributed by atoms with Crippen LogP contribution in [0.1, 0.15) is 50.5 Å². The number of benzene rings is 1. The van der Waals surface area contributed by atoms with E-state index in [0.29, 0.717) is 6.04 Å². The monoisotopic (exact) mass is 322 g/mol. The lowest BCUT2D eigenvalue weighted by atomic mass is 9.69. The first kappa shape index (κ1) is 15.0. The minimum absolute atomic E-state index is 0.697. The van der Waals surface area contributed by atoms with Crippen LogP contribution in [0, 0.1) is 23.7 Å². The Balaban J connectivity index is 1.11. The smallest absolute Gasteiger partial charge is 0.0269 e. The summed E-state index contributed by atoms with van der Waals surface area (Å²) >= 11 is 0. The molecule has 0 aliphatic heterocycles. The third-order valence-corrected chi connectivity index (χ3v) is 7.11. The molecular formula is C22H30N2. The predicted octanol–water partition coefficient (Wildman–Crippen LogP) is 4.06. The molecule has 128 valence electrons. The van der Waals surface area contributed by atoms with Crippen LogP contribution < -0.4 is 10.6 Å². The zero-order valence-electron chi connectivity index (χ0n) is 14.8. The maximum atomic E-state index is 3.84. The summed E-state index contributed by atoms with van der Waals surface area (Å²) in [6, 6.07) is 11.7. The normalized spacial score (nSPS) is 39.4. The van der Waals surface area contributed by atoms with Gasteiger partial charge in [0.2, 0.25) is 0 Å². The maximum Gasteiger partial charge on any atom is 0.0269 e. The van der Waals surface area contributed by atoms with E-state index in [-0.39, 0.29) is 0 Å². The van der Waals surface area contributed by atoms with E-state index < -0.39 is 0 Å². The number of allylic oxidation sites excluding steroid dienone is 2. The van der Waals surface area contributed by atoms with Crippen molar-refractivity contribution in [3.05, 3.63) is 47.2 Å². The highest BCUT2D eigenvalue weighted by atomic mass is 15.0. The van der Waals surface area contributed by atoms with Crippen molar-refractivity contribution in [2.75, 3.05) is 13.1 Å². The summed E-state index contributed by atoms with van der Waals surface area (Å²) in [5.41, 5.74) is 4.94. The van der Waals surface area contributed by atoms with Crippen LogP contribution in [0.4, 0.5) is 0 Å². The minimum atomic E-state index is 0.697. The van der Waals surface area contributed by atoms with E-state index >= 15 is 0 Å². The average Bonchev–Trinajstić information content (AvgIpc) is 3.30. The summed E-state index contributed by atoms with van der Waals surface area (Å²) in [5.74, 6) is 4.53.